The van der Waals surface area contributed by atoms with Gasteiger partial charge in [0.25, 0.3) is 0 Å². The van der Waals surface area contributed by atoms with Crippen molar-refractivity contribution in [3.05, 3.63) is 34.3 Å². The predicted octanol–water partition coefficient (Wildman–Crippen LogP) is 3.12. The van der Waals surface area contributed by atoms with Gasteiger partial charge < -0.3 is 5.73 Å². The van der Waals surface area contributed by atoms with Gasteiger partial charge in [-0.3, -0.25) is 0 Å². The fraction of sp³-hybridized carbons (Fsp3) is 0.500. The van der Waals surface area contributed by atoms with Crippen molar-refractivity contribution in [1.29, 1.82) is 0 Å². The van der Waals surface area contributed by atoms with Crippen LogP contribution in [-0.4, -0.2) is 6.04 Å². The van der Waals surface area contributed by atoms with Gasteiger partial charge in [0, 0.05) is 10.5 Å². The highest BCUT2D eigenvalue weighted by atomic mass is 79.9. The molecule has 0 saturated heterocycles. The van der Waals surface area contributed by atoms with E-state index in [1.165, 1.54) is 18.4 Å². The second-order valence-electron chi connectivity index (χ2n) is 4.45. The van der Waals surface area contributed by atoms with Crippen LogP contribution in [0.2, 0.25) is 0 Å². The molecule has 1 saturated carbocycles. The summed E-state index contributed by atoms with van der Waals surface area (Å²) >= 11 is 3.44. The zero-order chi connectivity index (χ0) is 10.2. The van der Waals surface area contributed by atoms with Gasteiger partial charge in [0.2, 0.25) is 0 Å². The zero-order valence-electron chi connectivity index (χ0n) is 8.46. The van der Waals surface area contributed by atoms with E-state index in [9.17, 15) is 0 Å². The Morgan fingerprint density at radius 2 is 1.93 bits per heavy atom. The highest BCUT2D eigenvalue weighted by molar-refractivity contribution is 9.10. The lowest BCUT2D eigenvalue weighted by molar-refractivity contribution is 0.418. The first-order valence-electron chi connectivity index (χ1n) is 5.12. The van der Waals surface area contributed by atoms with Crippen LogP contribution in [0.1, 0.15) is 25.3 Å². The van der Waals surface area contributed by atoms with Gasteiger partial charge in [-0.1, -0.05) is 28.1 Å². The molecule has 1 unspecified atom stereocenters. The van der Waals surface area contributed by atoms with E-state index >= 15 is 0 Å². The Hall–Kier alpha value is -0.340. The largest absolute Gasteiger partial charge is 0.327 e. The van der Waals surface area contributed by atoms with E-state index in [1.54, 1.807) is 0 Å². The minimum atomic E-state index is 0.325. The molecule has 14 heavy (non-hydrogen) atoms. The van der Waals surface area contributed by atoms with Crippen LogP contribution in [-0.2, 0) is 6.42 Å². The minimum Gasteiger partial charge on any atom is -0.327 e. The third-order valence-electron chi connectivity index (χ3n) is 3.33. The molecule has 0 aromatic heterocycles. The van der Waals surface area contributed by atoms with Crippen molar-refractivity contribution in [2.75, 3.05) is 0 Å². The molecule has 1 fully saturated rings. The van der Waals surface area contributed by atoms with Crippen molar-refractivity contribution in [2.45, 2.75) is 32.2 Å². The Morgan fingerprint density at radius 3 is 2.36 bits per heavy atom. The maximum absolute atomic E-state index is 6.00. The molecule has 1 aromatic carbocycles. The SMILES string of the molecule is CC(N)C1(Cc2ccc(Br)cc2)CC1. The molecular weight excluding hydrogens is 238 g/mol. The summed E-state index contributed by atoms with van der Waals surface area (Å²) in [6.45, 7) is 2.13. The van der Waals surface area contributed by atoms with Crippen molar-refractivity contribution in [3.8, 4) is 0 Å². The van der Waals surface area contributed by atoms with E-state index in [0.717, 1.165) is 10.9 Å². The molecule has 1 aromatic rings. The van der Waals surface area contributed by atoms with Crippen molar-refractivity contribution >= 4 is 15.9 Å². The van der Waals surface area contributed by atoms with Crippen LogP contribution >= 0.6 is 15.9 Å². The summed E-state index contributed by atoms with van der Waals surface area (Å²) < 4.78 is 1.15. The maximum atomic E-state index is 6.00. The van der Waals surface area contributed by atoms with Gasteiger partial charge >= 0.3 is 0 Å². The molecule has 0 amide bonds. The number of hydrogen-bond acceptors (Lipinski definition) is 1. The molecule has 0 radical (unpaired) electrons. The fourth-order valence-electron chi connectivity index (χ4n) is 1.96. The molecule has 1 aliphatic carbocycles. The summed E-state index contributed by atoms with van der Waals surface area (Å²) in [5, 5.41) is 0. The Bertz CT molecular complexity index is 312. The molecular formula is C12H16BrN. The number of nitrogens with two attached hydrogens (primary N) is 1. The third-order valence-corrected chi connectivity index (χ3v) is 3.86. The Kier molecular flexibility index (Phi) is 2.67. The van der Waals surface area contributed by atoms with Gasteiger partial charge in [0.15, 0.2) is 0 Å². The molecule has 1 nitrogen and oxygen atoms in total. The average molecular weight is 254 g/mol. The first-order valence-corrected chi connectivity index (χ1v) is 5.92. The van der Waals surface area contributed by atoms with Crippen molar-refractivity contribution < 1.29 is 0 Å². The number of hydrogen-bond donors (Lipinski definition) is 1. The highest BCUT2D eigenvalue weighted by Gasteiger charge is 2.45. The molecule has 0 aliphatic heterocycles. The lowest BCUT2D eigenvalue weighted by atomic mass is 9.90. The van der Waals surface area contributed by atoms with E-state index in [0.29, 0.717) is 11.5 Å². The summed E-state index contributed by atoms with van der Waals surface area (Å²) in [7, 11) is 0. The van der Waals surface area contributed by atoms with Crippen LogP contribution in [0, 0.1) is 5.41 Å². The Morgan fingerprint density at radius 1 is 1.36 bits per heavy atom. The van der Waals surface area contributed by atoms with E-state index in [4.69, 9.17) is 5.73 Å². The summed E-state index contributed by atoms with van der Waals surface area (Å²) in [5.41, 5.74) is 7.82. The lowest BCUT2D eigenvalue weighted by Crippen LogP contribution is -2.29. The van der Waals surface area contributed by atoms with Crippen molar-refractivity contribution in [3.63, 3.8) is 0 Å². The summed E-state index contributed by atoms with van der Waals surface area (Å²) in [6.07, 6.45) is 3.72. The number of benzene rings is 1. The van der Waals surface area contributed by atoms with Crippen LogP contribution in [0.25, 0.3) is 0 Å². The van der Waals surface area contributed by atoms with E-state index in [-0.39, 0.29) is 0 Å². The van der Waals surface area contributed by atoms with Gasteiger partial charge in [-0.2, -0.15) is 0 Å². The van der Waals surface area contributed by atoms with Gasteiger partial charge in [0.1, 0.15) is 0 Å². The standard InChI is InChI=1S/C12H16BrN/c1-9(14)12(6-7-12)8-10-2-4-11(13)5-3-10/h2-5,9H,6-8,14H2,1H3. The Balaban J connectivity index is 2.08. The van der Waals surface area contributed by atoms with Crippen molar-refractivity contribution in [1.82, 2.24) is 0 Å². The lowest BCUT2D eigenvalue weighted by Gasteiger charge is -2.19. The Labute approximate surface area is 93.8 Å². The number of rotatable bonds is 3. The zero-order valence-corrected chi connectivity index (χ0v) is 10.0. The van der Waals surface area contributed by atoms with Crippen LogP contribution in [0.15, 0.2) is 28.7 Å². The van der Waals surface area contributed by atoms with E-state index in [2.05, 4.69) is 47.1 Å². The van der Waals surface area contributed by atoms with E-state index < -0.39 is 0 Å². The van der Waals surface area contributed by atoms with E-state index in [1.807, 2.05) is 0 Å². The van der Waals surface area contributed by atoms with Gasteiger partial charge in [-0.25, -0.2) is 0 Å². The molecule has 2 heteroatoms. The first-order chi connectivity index (χ1) is 6.62. The molecule has 2 rings (SSSR count). The summed E-state index contributed by atoms with van der Waals surface area (Å²) in [5.74, 6) is 0. The third kappa shape index (κ3) is 2.01. The number of halogens is 1. The summed E-state index contributed by atoms with van der Waals surface area (Å²) in [6, 6.07) is 8.91. The van der Waals surface area contributed by atoms with Gasteiger partial charge in [-0.15, -0.1) is 0 Å². The topological polar surface area (TPSA) is 26.0 Å². The van der Waals surface area contributed by atoms with Crippen molar-refractivity contribution in [2.24, 2.45) is 11.1 Å². The second-order valence-corrected chi connectivity index (χ2v) is 5.37. The normalized spacial score (nSPS) is 20.5. The minimum absolute atomic E-state index is 0.325. The highest BCUT2D eigenvalue weighted by Crippen LogP contribution is 2.50. The molecule has 1 atom stereocenters. The quantitative estimate of drug-likeness (QED) is 0.881. The summed E-state index contributed by atoms with van der Waals surface area (Å²) in [4.78, 5) is 0. The van der Waals surface area contributed by atoms with Crippen LogP contribution < -0.4 is 5.73 Å². The van der Waals surface area contributed by atoms with Crippen LogP contribution in [0.4, 0.5) is 0 Å². The van der Waals surface area contributed by atoms with Gasteiger partial charge in [0.05, 0.1) is 0 Å². The van der Waals surface area contributed by atoms with Gasteiger partial charge in [-0.05, 0) is 49.3 Å². The smallest absolute Gasteiger partial charge is 0.0175 e. The fourth-order valence-corrected chi connectivity index (χ4v) is 2.23. The average Bonchev–Trinajstić information content (AvgIpc) is 2.90. The molecule has 0 heterocycles. The molecule has 0 bridgehead atoms. The van der Waals surface area contributed by atoms with Crippen LogP contribution in [0.3, 0.4) is 0 Å². The predicted molar refractivity (Wildman–Crippen MR) is 63.2 cm³/mol. The maximum Gasteiger partial charge on any atom is 0.0175 e. The molecule has 76 valence electrons. The molecule has 1 aliphatic rings. The monoisotopic (exact) mass is 253 g/mol. The molecule has 0 spiro atoms. The first kappa shape index (κ1) is 10.2. The molecule has 2 N–H and O–H groups in total. The second kappa shape index (κ2) is 3.67. The van der Waals surface area contributed by atoms with Crippen LogP contribution in [0.5, 0.6) is 0 Å².